The van der Waals surface area contributed by atoms with E-state index < -0.39 is 54.8 Å². The number of carbonyl (C=O) groups is 5. The smallest absolute Gasteiger partial charge is 0.322 e. The first-order chi connectivity index (χ1) is 12.6. The van der Waals surface area contributed by atoms with Gasteiger partial charge in [-0.2, -0.15) is 11.8 Å². The van der Waals surface area contributed by atoms with Crippen molar-refractivity contribution >= 4 is 41.4 Å². The maximum atomic E-state index is 12.3. The van der Waals surface area contributed by atoms with Gasteiger partial charge in [0, 0.05) is 5.57 Å². The summed E-state index contributed by atoms with van der Waals surface area (Å²) in [5, 5.41) is 17.9. The summed E-state index contributed by atoms with van der Waals surface area (Å²) in [6.07, 6.45) is 2.24. The topological polar surface area (TPSA) is 154 Å². The van der Waals surface area contributed by atoms with E-state index in [-0.39, 0.29) is 5.57 Å². The average molecular weight is 402 g/mol. The molecule has 2 atom stereocenters. The lowest BCUT2D eigenvalue weighted by Gasteiger charge is -2.21. The zero-order valence-electron chi connectivity index (χ0n) is 15.6. The van der Waals surface area contributed by atoms with Crippen molar-refractivity contribution in [1.29, 1.82) is 0 Å². The van der Waals surface area contributed by atoms with Gasteiger partial charge in [0.1, 0.15) is 18.6 Å². The molecule has 0 aromatic heterocycles. The molecular weight excluding hydrogens is 376 g/mol. The molecule has 0 fully saturated rings. The van der Waals surface area contributed by atoms with E-state index in [2.05, 4.69) is 27.8 Å². The molecule has 5 N–H and O–H groups in total. The van der Waals surface area contributed by atoms with Gasteiger partial charge in [-0.25, -0.2) is 0 Å². The van der Waals surface area contributed by atoms with Crippen LogP contribution in [0.4, 0.5) is 0 Å². The minimum absolute atomic E-state index is 0.259. The summed E-state index contributed by atoms with van der Waals surface area (Å²) < 4.78 is 0. The molecule has 27 heavy (non-hydrogen) atoms. The summed E-state index contributed by atoms with van der Waals surface area (Å²) >= 11 is 1.51. The SMILES string of the molecule is C=C(C)C(=O)N[C@@H](CCSC)C(=O)N[C@@H](C)C(=O)NCC(=O)NCC(=O)O. The fourth-order valence-electron chi connectivity index (χ4n) is 1.72. The van der Waals surface area contributed by atoms with Crippen LogP contribution < -0.4 is 21.3 Å². The maximum absolute atomic E-state index is 12.3. The van der Waals surface area contributed by atoms with Gasteiger partial charge in [-0.05, 0) is 32.3 Å². The van der Waals surface area contributed by atoms with Crippen LogP contribution in [0.5, 0.6) is 0 Å². The van der Waals surface area contributed by atoms with Crippen LogP contribution in [0.2, 0.25) is 0 Å². The molecule has 4 amide bonds. The van der Waals surface area contributed by atoms with Gasteiger partial charge in [-0.15, -0.1) is 0 Å². The number of amides is 4. The second-order valence-electron chi connectivity index (χ2n) is 5.71. The van der Waals surface area contributed by atoms with Gasteiger partial charge in [-0.1, -0.05) is 6.58 Å². The van der Waals surface area contributed by atoms with E-state index >= 15 is 0 Å². The number of hydrogen-bond donors (Lipinski definition) is 5. The van der Waals surface area contributed by atoms with Crippen molar-refractivity contribution in [2.45, 2.75) is 32.4 Å². The maximum Gasteiger partial charge on any atom is 0.322 e. The summed E-state index contributed by atoms with van der Waals surface area (Å²) in [6, 6.07) is -1.78. The van der Waals surface area contributed by atoms with Gasteiger partial charge < -0.3 is 26.4 Å². The molecule has 11 heteroatoms. The van der Waals surface area contributed by atoms with Crippen LogP contribution in [-0.4, -0.2) is 71.9 Å². The summed E-state index contributed by atoms with van der Waals surface area (Å²) in [5.74, 6) is -2.86. The van der Waals surface area contributed by atoms with Crippen LogP contribution in [0.15, 0.2) is 12.2 Å². The lowest BCUT2D eigenvalue weighted by atomic mass is 10.1. The molecule has 0 aliphatic rings. The number of carboxylic acids is 1. The zero-order chi connectivity index (χ0) is 21.0. The first kappa shape index (κ1) is 24.4. The van der Waals surface area contributed by atoms with Crippen LogP contribution in [-0.2, 0) is 24.0 Å². The van der Waals surface area contributed by atoms with Gasteiger partial charge in [0.05, 0.1) is 6.54 Å². The predicted octanol–water partition coefficient (Wildman–Crippen LogP) is -1.38. The lowest BCUT2D eigenvalue weighted by Crippen LogP contribution is -2.53. The third kappa shape index (κ3) is 10.9. The molecule has 0 saturated carbocycles. The highest BCUT2D eigenvalue weighted by atomic mass is 32.2. The fourth-order valence-corrected chi connectivity index (χ4v) is 2.19. The van der Waals surface area contributed by atoms with E-state index in [4.69, 9.17) is 5.11 Å². The van der Waals surface area contributed by atoms with E-state index in [1.165, 1.54) is 25.6 Å². The third-order valence-corrected chi connectivity index (χ3v) is 3.88. The monoisotopic (exact) mass is 402 g/mol. The largest absolute Gasteiger partial charge is 0.480 e. The van der Waals surface area contributed by atoms with Gasteiger partial charge in [0.25, 0.3) is 0 Å². The molecule has 0 saturated heterocycles. The Balaban J connectivity index is 4.60. The van der Waals surface area contributed by atoms with Crippen molar-refractivity contribution in [2.24, 2.45) is 0 Å². The fraction of sp³-hybridized carbons (Fsp3) is 0.562. The molecule has 0 unspecified atom stereocenters. The highest BCUT2D eigenvalue weighted by Crippen LogP contribution is 2.03. The summed E-state index contributed by atoms with van der Waals surface area (Å²) in [7, 11) is 0. The summed E-state index contributed by atoms with van der Waals surface area (Å²) in [6.45, 7) is 5.48. The van der Waals surface area contributed by atoms with E-state index in [9.17, 15) is 24.0 Å². The molecular formula is C16H26N4O6S. The number of aliphatic carboxylic acids is 1. The molecule has 0 aliphatic heterocycles. The number of hydrogen-bond acceptors (Lipinski definition) is 6. The second-order valence-corrected chi connectivity index (χ2v) is 6.69. The predicted molar refractivity (Wildman–Crippen MR) is 101 cm³/mol. The van der Waals surface area contributed by atoms with Crippen LogP contribution in [0.3, 0.4) is 0 Å². The third-order valence-electron chi connectivity index (χ3n) is 3.23. The summed E-state index contributed by atoms with van der Waals surface area (Å²) in [4.78, 5) is 57.8. The standard InChI is InChI=1S/C16H26N4O6S/c1-9(2)14(24)20-11(5-6-27-4)16(26)19-10(3)15(25)18-7-12(21)17-8-13(22)23/h10-11H,1,5-8H2,2-4H3,(H,17,21)(H,18,25)(H,19,26)(H,20,24)(H,22,23)/t10-,11-/m0/s1. The zero-order valence-corrected chi connectivity index (χ0v) is 16.4. The number of rotatable bonds is 12. The quantitative estimate of drug-likeness (QED) is 0.252. The molecule has 0 bridgehead atoms. The van der Waals surface area contributed by atoms with Crippen LogP contribution >= 0.6 is 11.8 Å². The van der Waals surface area contributed by atoms with Crippen LogP contribution in [0.25, 0.3) is 0 Å². The second kappa shape index (κ2) is 12.7. The van der Waals surface area contributed by atoms with Crippen molar-refractivity contribution in [2.75, 3.05) is 25.1 Å². The Hall–Kier alpha value is -2.56. The van der Waals surface area contributed by atoms with E-state index in [0.717, 1.165) is 0 Å². The van der Waals surface area contributed by atoms with Crippen LogP contribution in [0.1, 0.15) is 20.3 Å². The molecule has 152 valence electrons. The molecule has 0 spiro atoms. The minimum Gasteiger partial charge on any atom is -0.480 e. The highest BCUT2D eigenvalue weighted by molar-refractivity contribution is 7.98. The van der Waals surface area contributed by atoms with Gasteiger partial charge in [0.2, 0.25) is 23.6 Å². The van der Waals surface area contributed by atoms with E-state index in [1.54, 1.807) is 0 Å². The van der Waals surface area contributed by atoms with Crippen LogP contribution in [0, 0.1) is 0 Å². The number of thioether (sulfide) groups is 1. The first-order valence-electron chi connectivity index (χ1n) is 8.10. The molecule has 0 aliphatic carbocycles. The normalized spacial score (nSPS) is 12.3. The van der Waals surface area contributed by atoms with Gasteiger partial charge >= 0.3 is 5.97 Å². The Bertz CT molecular complexity index is 595. The first-order valence-corrected chi connectivity index (χ1v) is 9.49. The van der Waals surface area contributed by atoms with Crippen molar-refractivity contribution < 1.29 is 29.1 Å². The molecule has 0 rings (SSSR count). The molecule has 0 heterocycles. The highest BCUT2D eigenvalue weighted by Gasteiger charge is 2.24. The van der Waals surface area contributed by atoms with Gasteiger partial charge in [-0.3, -0.25) is 24.0 Å². The number of carboxylic acid groups (broad SMARTS) is 1. The Labute approximate surface area is 161 Å². The van der Waals surface area contributed by atoms with E-state index in [1.807, 2.05) is 6.26 Å². The Morgan fingerprint density at radius 3 is 2.19 bits per heavy atom. The molecule has 0 aromatic rings. The average Bonchev–Trinajstić information content (AvgIpc) is 2.60. The van der Waals surface area contributed by atoms with Crippen molar-refractivity contribution in [1.82, 2.24) is 21.3 Å². The number of carbonyl (C=O) groups excluding carboxylic acids is 4. The Kier molecular flexibility index (Phi) is 11.5. The minimum atomic E-state index is -1.21. The van der Waals surface area contributed by atoms with Crippen molar-refractivity contribution in [3.8, 4) is 0 Å². The summed E-state index contributed by atoms with van der Waals surface area (Å²) in [5.41, 5.74) is 0.259. The number of nitrogens with one attached hydrogen (secondary N) is 4. The molecule has 0 radical (unpaired) electrons. The van der Waals surface area contributed by atoms with Gasteiger partial charge in [0.15, 0.2) is 0 Å². The molecule has 0 aromatic carbocycles. The van der Waals surface area contributed by atoms with Crippen molar-refractivity contribution in [3.05, 3.63) is 12.2 Å². The van der Waals surface area contributed by atoms with E-state index in [0.29, 0.717) is 12.2 Å². The molecule has 10 nitrogen and oxygen atoms in total. The Morgan fingerprint density at radius 1 is 1.04 bits per heavy atom. The Morgan fingerprint density at radius 2 is 1.67 bits per heavy atom. The lowest BCUT2D eigenvalue weighted by molar-refractivity contribution is -0.138. The van der Waals surface area contributed by atoms with Crippen molar-refractivity contribution in [3.63, 3.8) is 0 Å².